The zero-order chi connectivity index (χ0) is 14.8. The van der Waals surface area contributed by atoms with E-state index in [-0.39, 0.29) is 4.90 Å². The normalized spacial score (nSPS) is 11.2. The lowest BCUT2D eigenvalue weighted by atomic mass is 10.3. The Morgan fingerprint density at radius 1 is 1.15 bits per heavy atom. The van der Waals surface area contributed by atoms with Gasteiger partial charge in [0.1, 0.15) is 5.75 Å². The van der Waals surface area contributed by atoms with Crippen LogP contribution in [0.3, 0.4) is 0 Å². The Labute approximate surface area is 130 Å². The van der Waals surface area contributed by atoms with Crippen molar-refractivity contribution in [1.82, 2.24) is 0 Å². The van der Waals surface area contributed by atoms with Crippen LogP contribution in [0.1, 0.15) is 0 Å². The van der Waals surface area contributed by atoms with Crippen molar-refractivity contribution in [2.45, 2.75) is 4.90 Å². The number of nitrogens with one attached hydrogen (secondary N) is 1. The maximum absolute atomic E-state index is 12.2. The first-order valence-electron chi connectivity index (χ1n) is 5.54. The third-order valence-electron chi connectivity index (χ3n) is 2.54. The average molecular weight is 377 g/mol. The van der Waals surface area contributed by atoms with E-state index in [1.54, 1.807) is 31.4 Å². The van der Waals surface area contributed by atoms with Gasteiger partial charge < -0.3 is 4.74 Å². The van der Waals surface area contributed by atoms with E-state index >= 15 is 0 Å². The van der Waals surface area contributed by atoms with Gasteiger partial charge in [0.2, 0.25) is 0 Å². The van der Waals surface area contributed by atoms with E-state index in [4.69, 9.17) is 16.3 Å². The fourth-order valence-corrected chi connectivity index (χ4v) is 3.25. The Morgan fingerprint density at radius 2 is 1.80 bits per heavy atom. The SMILES string of the molecule is COc1ccc(NS(=O)(=O)c2ccc(Cl)c(Br)c2)cc1. The van der Waals surface area contributed by atoms with Gasteiger partial charge in [-0.2, -0.15) is 0 Å². The molecule has 1 N–H and O–H groups in total. The van der Waals surface area contributed by atoms with E-state index in [2.05, 4.69) is 20.7 Å². The van der Waals surface area contributed by atoms with E-state index in [1.165, 1.54) is 18.2 Å². The van der Waals surface area contributed by atoms with Crippen molar-refractivity contribution in [3.63, 3.8) is 0 Å². The summed E-state index contributed by atoms with van der Waals surface area (Å²) < 4.78 is 32.5. The predicted molar refractivity (Wildman–Crippen MR) is 83.0 cm³/mol. The van der Waals surface area contributed by atoms with Gasteiger partial charge in [0.15, 0.2) is 0 Å². The topological polar surface area (TPSA) is 55.4 Å². The van der Waals surface area contributed by atoms with Crippen LogP contribution < -0.4 is 9.46 Å². The summed E-state index contributed by atoms with van der Waals surface area (Å²) in [7, 11) is -2.11. The number of sulfonamides is 1. The van der Waals surface area contributed by atoms with Gasteiger partial charge in [-0.15, -0.1) is 0 Å². The zero-order valence-corrected chi connectivity index (χ0v) is 13.6. The van der Waals surface area contributed by atoms with Crippen LogP contribution in [0, 0.1) is 0 Å². The molecule has 0 fully saturated rings. The second-order valence-electron chi connectivity index (χ2n) is 3.91. The van der Waals surface area contributed by atoms with Gasteiger partial charge in [-0.1, -0.05) is 11.6 Å². The first-order valence-corrected chi connectivity index (χ1v) is 8.20. The quantitative estimate of drug-likeness (QED) is 0.880. The van der Waals surface area contributed by atoms with Crippen LogP contribution in [0.2, 0.25) is 5.02 Å². The Balaban J connectivity index is 2.27. The monoisotopic (exact) mass is 375 g/mol. The molecule has 0 spiro atoms. The smallest absolute Gasteiger partial charge is 0.261 e. The Morgan fingerprint density at radius 3 is 2.35 bits per heavy atom. The van der Waals surface area contributed by atoms with E-state index in [9.17, 15) is 8.42 Å². The van der Waals surface area contributed by atoms with Gasteiger partial charge in [-0.05, 0) is 58.4 Å². The lowest BCUT2D eigenvalue weighted by Gasteiger charge is -2.09. The molecule has 0 aromatic heterocycles. The minimum atomic E-state index is -3.65. The summed E-state index contributed by atoms with van der Waals surface area (Å²) >= 11 is 9.05. The molecule has 0 saturated heterocycles. The maximum atomic E-state index is 12.2. The average Bonchev–Trinajstić information content (AvgIpc) is 2.42. The summed E-state index contributed by atoms with van der Waals surface area (Å²) in [6.07, 6.45) is 0. The fourth-order valence-electron chi connectivity index (χ4n) is 1.52. The summed E-state index contributed by atoms with van der Waals surface area (Å²) in [4.78, 5) is 0.129. The Kier molecular flexibility index (Phi) is 4.57. The van der Waals surface area contributed by atoms with Gasteiger partial charge in [0, 0.05) is 10.2 Å². The molecular formula is C13H11BrClNO3S. The molecule has 0 bridgehead atoms. The number of hydrogen-bond donors (Lipinski definition) is 1. The Bertz CT molecular complexity index is 717. The number of ether oxygens (including phenoxy) is 1. The van der Waals surface area contributed by atoms with Crippen molar-refractivity contribution >= 4 is 43.2 Å². The van der Waals surface area contributed by atoms with Crippen molar-refractivity contribution < 1.29 is 13.2 Å². The minimum absolute atomic E-state index is 0.129. The number of halogens is 2. The van der Waals surface area contributed by atoms with Crippen LogP contribution in [-0.2, 0) is 10.0 Å². The predicted octanol–water partition coefficient (Wildman–Crippen LogP) is 3.91. The number of anilines is 1. The van der Waals surface area contributed by atoms with Crippen LogP contribution in [0.15, 0.2) is 51.8 Å². The lowest BCUT2D eigenvalue weighted by Crippen LogP contribution is -2.12. The van der Waals surface area contributed by atoms with Crippen molar-refractivity contribution in [3.05, 3.63) is 52.0 Å². The van der Waals surface area contributed by atoms with E-state index in [0.29, 0.717) is 20.9 Å². The molecule has 0 aliphatic carbocycles. The molecule has 0 radical (unpaired) electrons. The van der Waals surface area contributed by atoms with Gasteiger partial charge in [0.05, 0.1) is 17.0 Å². The standard InChI is InChI=1S/C13H11BrClNO3S/c1-19-10-4-2-9(3-5-10)16-20(17,18)11-6-7-13(15)12(14)8-11/h2-8,16H,1H3. The number of methoxy groups -OCH3 is 1. The van der Waals surface area contributed by atoms with Gasteiger partial charge in [-0.25, -0.2) is 8.42 Å². The van der Waals surface area contributed by atoms with Crippen molar-refractivity contribution in [2.75, 3.05) is 11.8 Å². The van der Waals surface area contributed by atoms with E-state index in [0.717, 1.165) is 0 Å². The molecule has 20 heavy (non-hydrogen) atoms. The van der Waals surface area contributed by atoms with Crippen molar-refractivity contribution in [3.8, 4) is 5.75 Å². The number of hydrogen-bond acceptors (Lipinski definition) is 3. The van der Waals surface area contributed by atoms with Crippen LogP contribution >= 0.6 is 27.5 Å². The molecule has 7 heteroatoms. The molecule has 106 valence electrons. The highest BCUT2D eigenvalue weighted by atomic mass is 79.9. The van der Waals surface area contributed by atoms with Crippen LogP contribution in [0.4, 0.5) is 5.69 Å². The summed E-state index contributed by atoms with van der Waals surface area (Å²) in [5.74, 6) is 0.655. The summed E-state index contributed by atoms with van der Waals surface area (Å²) in [5, 5.41) is 0.452. The summed E-state index contributed by atoms with van der Waals surface area (Å²) in [6.45, 7) is 0. The fraction of sp³-hybridized carbons (Fsp3) is 0.0769. The van der Waals surface area contributed by atoms with Crippen molar-refractivity contribution in [1.29, 1.82) is 0 Å². The molecule has 0 heterocycles. The van der Waals surface area contributed by atoms with Gasteiger partial charge in [-0.3, -0.25) is 4.72 Å². The van der Waals surface area contributed by atoms with E-state index in [1.807, 2.05) is 0 Å². The Hall–Kier alpha value is -1.24. The highest BCUT2D eigenvalue weighted by molar-refractivity contribution is 9.10. The van der Waals surface area contributed by atoms with Gasteiger partial charge in [0.25, 0.3) is 10.0 Å². The molecule has 2 aromatic carbocycles. The highest BCUT2D eigenvalue weighted by Gasteiger charge is 2.15. The molecule has 0 amide bonds. The molecule has 0 atom stereocenters. The molecule has 2 aromatic rings. The van der Waals surface area contributed by atoms with Gasteiger partial charge >= 0.3 is 0 Å². The molecular weight excluding hydrogens is 366 g/mol. The maximum Gasteiger partial charge on any atom is 0.261 e. The van der Waals surface area contributed by atoms with Crippen LogP contribution in [-0.4, -0.2) is 15.5 Å². The first kappa shape index (κ1) is 15.2. The van der Waals surface area contributed by atoms with Crippen molar-refractivity contribution in [2.24, 2.45) is 0 Å². The number of benzene rings is 2. The lowest BCUT2D eigenvalue weighted by molar-refractivity contribution is 0.415. The first-order chi connectivity index (χ1) is 9.42. The second kappa shape index (κ2) is 6.03. The third-order valence-corrected chi connectivity index (χ3v) is 5.14. The molecule has 0 saturated carbocycles. The molecule has 0 unspecified atom stereocenters. The largest absolute Gasteiger partial charge is 0.497 e. The second-order valence-corrected chi connectivity index (χ2v) is 6.85. The minimum Gasteiger partial charge on any atom is -0.497 e. The molecule has 0 aliphatic heterocycles. The molecule has 0 aliphatic rings. The van der Waals surface area contributed by atoms with Crippen LogP contribution in [0.25, 0.3) is 0 Å². The molecule has 4 nitrogen and oxygen atoms in total. The third kappa shape index (κ3) is 3.45. The summed E-state index contributed by atoms with van der Waals surface area (Å²) in [5.41, 5.74) is 0.455. The number of rotatable bonds is 4. The molecule has 2 rings (SSSR count). The van der Waals surface area contributed by atoms with Crippen LogP contribution in [0.5, 0.6) is 5.75 Å². The zero-order valence-electron chi connectivity index (χ0n) is 10.4. The summed E-state index contributed by atoms with van der Waals surface area (Å²) in [6, 6.07) is 11.0. The highest BCUT2D eigenvalue weighted by Crippen LogP contribution is 2.26. The van der Waals surface area contributed by atoms with E-state index < -0.39 is 10.0 Å².